The molecule has 0 spiro atoms. The van der Waals surface area contributed by atoms with Crippen LogP contribution in [0.3, 0.4) is 0 Å². The smallest absolute Gasteiger partial charge is 0.230 e. The van der Waals surface area contributed by atoms with Crippen LogP contribution in [0.1, 0.15) is 16.7 Å². The van der Waals surface area contributed by atoms with Crippen molar-refractivity contribution < 1.29 is 9.47 Å². The van der Waals surface area contributed by atoms with Gasteiger partial charge in [-0.3, -0.25) is 0 Å². The van der Waals surface area contributed by atoms with Crippen molar-refractivity contribution in [1.82, 2.24) is 19.9 Å². The average Bonchev–Trinajstić information content (AvgIpc) is 2.90. The number of aromatic nitrogens is 4. The molecule has 0 saturated carbocycles. The number of aryl methyl sites for hydroxylation is 3. The van der Waals surface area contributed by atoms with Crippen LogP contribution in [0.15, 0.2) is 36.5 Å². The Balaban J connectivity index is 1.48. The number of benzene rings is 1. The highest BCUT2D eigenvalue weighted by atomic mass is 16.5. The lowest BCUT2D eigenvalue weighted by molar-refractivity contribution is 0.0547. The zero-order valence-electron chi connectivity index (χ0n) is 22.1. The number of hydrogen-bond donors (Lipinski definition) is 2. The topological polar surface area (TPSA) is 115 Å². The van der Waals surface area contributed by atoms with Gasteiger partial charge in [0.15, 0.2) is 5.82 Å². The summed E-state index contributed by atoms with van der Waals surface area (Å²) in [5, 5.41) is 3.33. The summed E-state index contributed by atoms with van der Waals surface area (Å²) in [5.74, 6) is 2.92. The second-order valence-electron chi connectivity index (χ2n) is 9.16. The van der Waals surface area contributed by atoms with Crippen LogP contribution in [-0.4, -0.2) is 85.6 Å². The molecule has 1 aliphatic rings. The quantitative estimate of drug-likeness (QED) is 0.355. The van der Waals surface area contributed by atoms with E-state index in [9.17, 15) is 0 Å². The van der Waals surface area contributed by atoms with E-state index in [4.69, 9.17) is 30.2 Å². The van der Waals surface area contributed by atoms with E-state index in [1.165, 1.54) is 5.56 Å². The highest BCUT2D eigenvalue weighted by Crippen LogP contribution is 2.28. The van der Waals surface area contributed by atoms with Crippen molar-refractivity contribution in [3.8, 4) is 11.4 Å². The summed E-state index contributed by atoms with van der Waals surface area (Å²) in [5.41, 5.74) is 10.0. The van der Waals surface area contributed by atoms with Gasteiger partial charge in [0.05, 0.1) is 26.4 Å². The van der Waals surface area contributed by atoms with Gasteiger partial charge in [-0.25, -0.2) is 4.98 Å². The molecule has 37 heavy (non-hydrogen) atoms. The Labute approximate surface area is 219 Å². The van der Waals surface area contributed by atoms with Gasteiger partial charge in [-0.1, -0.05) is 23.8 Å². The molecule has 0 aliphatic carbocycles. The molecule has 0 radical (unpaired) electrons. The second-order valence-corrected chi connectivity index (χ2v) is 9.16. The third-order valence-electron chi connectivity index (χ3n) is 6.22. The standard InChI is InChI=1S/C27H38N8O2/c1-20-18-21(2)24(22(3)19-20)25-31-26(30-9-15-37-17-16-36-14-7-28)33-27(32-25)35-12-10-34(11-13-35)23-6-4-5-8-29-23/h4-6,8,18-19H,7,9-17,28H2,1-3H3,(H,30,31,32,33). The molecule has 1 aliphatic heterocycles. The van der Waals surface area contributed by atoms with E-state index in [0.29, 0.717) is 57.2 Å². The minimum Gasteiger partial charge on any atom is -0.378 e. The third-order valence-corrected chi connectivity index (χ3v) is 6.22. The van der Waals surface area contributed by atoms with Crippen LogP contribution in [0.25, 0.3) is 11.4 Å². The van der Waals surface area contributed by atoms with Crippen molar-refractivity contribution in [2.45, 2.75) is 20.8 Å². The van der Waals surface area contributed by atoms with Gasteiger partial charge in [0, 0.05) is 51.0 Å². The van der Waals surface area contributed by atoms with Crippen molar-refractivity contribution in [2.24, 2.45) is 5.73 Å². The molecule has 10 heteroatoms. The fraction of sp³-hybridized carbons (Fsp3) is 0.481. The highest BCUT2D eigenvalue weighted by molar-refractivity contribution is 5.67. The van der Waals surface area contributed by atoms with Crippen molar-refractivity contribution >= 4 is 17.7 Å². The number of piperazine rings is 1. The molecule has 0 atom stereocenters. The molecular weight excluding hydrogens is 468 g/mol. The zero-order valence-corrected chi connectivity index (χ0v) is 22.1. The predicted octanol–water partition coefficient (Wildman–Crippen LogP) is 2.59. The largest absolute Gasteiger partial charge is 0.378 e. The van der Waals surface area contributed by atoms with E-state index >= 15 is 0 Å². The van der Waals surface area contributed by atoms with Gasteiger partial charge >= 0.3 is 0 Å². The van der Waals surface area contributed by atoms with E-state index in [1.807, 2.05) is 24.4 Å². The van der Waals surface area contributed by atoms with Crippen molar-refractivity contribution in [3.63, 3.8) is 0 Å². The molecule has 0 unspecified atom stereocenters. The van der Waals surface area contributed by atoms with Crippen LogP contribution < -0.4 is 20.9 Å². The summed E-state index contributed by atoms with van der Waals surface area (Å²) < 4.78 is 11.0. The maximum absolute atomic E-state index is 5.65. The first-order chi connectivity index (χ1) is 18.0. The highest BCUT2D eigenvalue weighted by Gasteiger charge is 2.22. The van der Waals surface area contributed by atoms with Gasteiger partial charge in [-0.15, -0.1) is 0 Å². The van der Waals surface area contributed by atoms with Crippen LogP contribution in [0.5, 0.6) is 0 Å². The van der Waals surface area contributed by atoms with Gasteiger partial charge in [0.1, 0.15) is 5.82 Å². The molecule has 2 aromatic heterocycles. The van der Waals surface area contributed by atoms with Crippen molar-refractivity contribution in [3.05, 3.63) is 53.2 Å². The number of ether oxygens (including phenoxy) is 2. The number of nitrogens with zero attached hydrogens (tertiary/aromatic N) is 6. The first-order valence-electron chi connectivity index (χ1n) is 12.9. The number of anilines is 3. The molecule has 4 rings (SSSR count). The first-order valence-corrected chi connectivity index (χ1v) is 12.9. The predicted molar refractivity (Wildman–Crippen MR) is 147 cm³/mol. The Kier molecular flexibility index (Phi) is 9.58. The van der Waals surface area contributed by atoms with Crippen LogP contribution >= 0.6 is 0 Å². The lowest BCUT2D eigenvalue weighted by Crippen LogP contribution is -2.47. The zero-order chi connectivity index (χ0) is 26.0. The molecule has 3 N–H and O–H groups in total. The Morgan fingerprint density at radius 2 is 1.57 bits per heavy atom. The maximum atomic E-state index is 5.65. The summed E-state index contributed by atoms with van der Waals surface area (Å²) in [4.78, 5) is 23.5. The van der Waals surface area contributed by atoms with Gasteiger partial charge in [-0.2, -0.15) is 15.0 Å². The molecule has 1 saturated heterocycles. The number of nitrogens with one attached hydrogen (secondary N) is 1. The molecule has 1 fully saturated rings. The molecule has 198 valence electrons. The molecular formula is C27H38N8O2. The van der Waals surface area contributed by atoms with Crippen LogP contribution in [-0.2, 0) is 9.47 Å². The van der Waals surface area contributed by atoms with Gasteiger partial charge in [-0.05, 0) is 44.0 Å². The van der Waals surface area contributed by atoms with E-state index in [0.717, 1.165) is 48.7 Å². The Morgan fingerprint density at radius 3 is 2.24 bits per heavy atom. The van der Waals surface area contributed by atoms with Gasteiger partial charge in [0.25, 0.3) is 0 Å². The van der Waals surface area contributed by atoms with Crippen LogP contribution in [0.4, 0.5) is 17.7 Å². The normalized spacial score (nSPS) is 13.7. The summed E-state index contributed by atoms with van der Waals surface area (Å²) in [6.45, 7) is 12.9. The monoisotopic (exact) mass is 506 g/mol. The summed E-state index contributed by atoms with van der Waals surface area (Å²) in [7, 11) is 0. The fourth-order valence-electron chi connectivity index (χ4n) is 4.55. The van der Waals surface area contributed by atoms with Crippen LogP contribution in [0, 0.1) is 20.8 Å². The summed E-state index contributed by atoms with van der Waals surface area (Å²) >= 11 is 0. The molecule has 0 amide bonds. The lowest BCUT2D eigenvalue weighted by Gasteiger charge is -2.35. The number of hydrogen-bond acceptors (Lipinski definition) is 10. The number of nitrogens with two attached hydrogens (primary N) is 1. The molecule has 1 aromatic carbocycles. The lowest BCUT2D eigenvalue weighted by atomic mass is 9.99. The van der Waals surface area contributed by atoms with Crippen LogP contribution in [0.2, 0.25) is 0 Å². The summed E-state index contributed by atoms with van der Waals surface area (Å²) in [6, 6.07) is 10.4. The van der Waals surface area contributed by atoms with Gasteiger partial charge in [0.2, 0.25) is 11.9 Å². The van der Waals surface area contributed by atoms with E-state index in [-0.39, 0.29) is 0 Å². The fourth-order valence-corrected chi connectivity index (χ4v) is 4.55. The summed E-state index contributed by atoms with van der Waals surface area (Å²) in [6.07, 6.45) is 1.83. The first kappa shape index (κ1) is 26.7. The minimum absolute atomic E-state index is 0.518. The number of pyridine rings is 1. The molecule has 10 nitrogen and oxygen atoms in total. The number of rotatable bonds is 12. The minimum atomic E-state index is 0.518. The van der Waals surface area contributed by atoms with Crippen molar-refractivity contribution in [1.29, 1.82) is 0 Å². The Morgan fingerprint density at radius 1 is 0.865 bits per heavy atom. The van der Waals surface area contributed by atoms with Gasteiger partial charge < -0.3 is 30.3 Å². The van der Waals surface area contributed by atoms with E-state index in [2.05, 4.69) is 53.0 Å². The Bertz CT molecular complexity index is 1110. The third kappa shape index (κ3) is 7.34. The SMILES string of the molecule is Cc1cc(C)c(-c2nc(NCCOCCOCCN)nc(N3CCN(c4ccccn4)CC3)n2)c(C)c1. The van der Waals surface area contributed by atoms with Crippen molar-refractivity contribution in [2.75, 3.05) is 80.8 Å². The molecule has 3 aromatic rings. The molecule has 3 heterocycles. The Hall–Kier alpha value is -3.34. The second kappa shape index (κ2) is 13.3. The van der Waals surface area contributed by atoms with E-state index in [1.54, 1.807) is 0 Å². The maximum Gasteiger partial charge on any atom is 0.230 e. The molecule has 0 bridgehead atoms. The van der Waals surface area contributed by atoms with E-state index < -0.39 is 0 Å². The average molecular weight is 507 g/mol.